The zero-order valence-corrected chi connectivity index (χ0v) is 11.2. The van der Waals surface area contributed by atoms with Crippen LogP contribution in [0.15, 0.2) is 18.2 Å². The lowest BCUT2D eigenvalue weighted by Gasteiger charge is -2.25. The van der Waals surface area contributed by atoms with Gasteiger partial charge in [-0.05, 0) is 36.6 Å². The van der Waals surface area contributed by atoms with Gasteiger partial charge in [-0.25, -0.2) is 0 Å². The summed E-state index contributed by atoms with van der Waals surface area (Å²) in [5.41, 5.74) is 0.407. The topological polar surface area (TPSA) is 26.3 Å². The number of halogens is 3. The Bertz CT molecular complexity index is 447. The number of para-hydroxylation sites is 1. The van der Waals surface area contributed by atoms with Crippen LogP contribution in [0.2, 0.25) is 0 Å². The number of carbonyl (C=O) groups is 1. The van der Waals surface area contributed by atoms with Crippen molar-refractivity contribution in [1.29, 1.82) is 0 Å². The van der Waals surface area contributed by atoms with Gasteiger partial charge in [0.15, 0.2) is 0 Å². The van der Waals surface area contributed by atoms with E-state index < -0.39 is 17.3 Å². The second-order valence-electron chi connectivity index (χ2n) is 4.20. The summed E-state index contributed by atoms with van der Waals surface area (Å²) in [5, 5.41) is -0.811. The largest absolute Gasteiger partial charge is 0.431 e. The summed E-state index contributed by atoms with van der Waals surface area (Å²) in [6.45, 7) is 4.62. The van der Waals surface area contributed by atoms with Crippen LogP contribution in [0, 0.1) is 12.8 Å². The molecule has 2 nitrogen and oxygen atoms in total. The molecule has 1 aromatic rings. The maximum atomic E-state index is 13.8. The van der Waals surface area contributed by atoms with E-state index in [1.807, 2.05) is 0 Å². The van der Waals surface area contributed by atoms with E-state index in [1.165, 1.54) is 13.0 Å². The summed E-state index contributed by atoms with van der Waals surface area (Å²) in [6.07, 6.45) is -3.06. The molecule has 18 heavy (non-hydrogen) atoms. The van der Waals surface area contributed by atoms with Gasteiger partial charge in [-0.15, -0.1) is 0 Å². The molecule has 0 N–H and O–H groups in total. The summed E-state index contributed by atoms with van der Waals surface area (Å²) < 4.78 is 32.2. The molecule has 100 valence electrons. The molecule has 0 aliphatic carbocycles. The SMILES string of the molecule is CCC(C)C(F)(F)Oc1c(C)cccc1C(=O)Cl. The van der Waals surface area contributed by atoms with E-state index in [0.29, 0.717) is 5.56 Å². The first kappa shape index (κ1) is 14.9. The van der Waals surface area contributed by atoms with Crippen molar-refractivity contribution in [2.45, 2.75) is 33.3 Å². The van der Waals surface area contributed by atoms with E-state index in [4.69, 9.17) is 16.3 Å². The van der Waals surface area contributed by atoms with Crippen molar-refractivity contribution >= 4 is 16.8 Å². The van der Waals surface area contributed by atoms with Gasteiger partial charge in [-0.1, -0.05) is 26.0 Å². The van der Waals surface area contributed by atoms with Crippen molar-refractivity contribution in [2.24, 2.45) is 5.92 Å². The summed E-state index contributed by atoms with van der Waals surface area (Å²) in [7, 11) is 0. The third-order valence-corrected chi connectivity index (χ3v) is 3.05. The molecule has 0 amide bonds. The molecule has 1 rings (SSSR count). The molecule has 0 bridgehead atoms. The summed E-state index contributed by atoms with van der Waals surface area (Å²) in [4.78, 5) is 11.2. The van der Waals surface area contributed by atoms with Crippen molar-refractivity contribution in [2.75, 3.05) is 0 Å². The van der Waals surface area contributed by atoms with Gasteiger partial charge >= 0.3 is 6.11 Å². The molecule has 1 atom stereocenters. The van der Waals surface area contributed by atoms with Crippen molar-refractivity contribution in [1.82, 2.24) is 0 Å². The van der Waals surface area contributed by atoms with Gasteiger partial charge in [0.2, 0.25) is 0 Å². The van der Waals surface area contributed by atoms with E-state index in [1.54, 1.807) is 26.0 Å². The number of hydrogen-bond acceptors (Lipinski definition) is 2. The molecule has 0 heterocycles. The van der Waals surface area contributed by atoms with Crippen molar-refractivity contribution in [3.05, 3.63) is 29.3 Å². The average molecular weight is 277 g/mol. The smallest absolute Gasteiger partial charge is 0.400 e. The number of hydrogen-bond donors (Lipinski definition) is 0. The number of carbonyl (C=O) groups excluding carboxylic acids is 1. The number of alkyl halides is 2. The molecule has 0 fully saturated rings. The third kappa shape index (κ3) is 3.19. The molecule has 0 radical (unpaired) electrons. The predicted molar refractivity (Wildman–Crippen MR) is 66.4 cm³/mol. The Morgan fingerprint density at radius 1 is 1.50 bits per heavy atom. The van der Waals surface area contributed by atoms with Crippen LogP contribution in [-0.4, -0.2) is 11.4 Å². The highest BCUT2D eigenvalue weighted by atomic mass is 35.5. The van der Waals surface area contributed by atoms with Crippen LogP contribution in [0.1, 0.15) is 36.2 Å². The van der Waals surface area contributed by atoms with E-state index in [-0.39, 0.29) is 17.7 Å². The molecule has 1 unspecified atom stereocenters. The molecule has 0 saturated heterocycles. The fourth-order valence-corrected chi connectivity index (χ4v) is 1.57. The van der Waals surface area contributed by atoms with E-state index in [9.17, 15) is 13.6 Å². The first-order chi connectivity index (χ1) is 8.29. The van der Waals surface area contributed by atoms with Crippen LogP contribution in [0.3, 0.4) is 0 Å². The number of aryl methyl sites for hydroxylation is 1. The minimum Gasteiger partial charge on any atom is -0.431 e. The van der Waals surface area contributed by atoms with Crippen LogP contribution in [-0.2, 0) is 0 Å². The predicted octanol–water partition coefficient (Wildman–Crippen LogP) is 4.39. The maximum absolute atomic E-state index is 13.8. The molecule has 0 aromatic heterocycles. The van der Waals surface area contributed by atoms with Gasteiger partial charge in [0.05, 0.1) is 11.5 Å². The highest BCUT2D eigenvalue weighted by Crippen LogP contribution is 2.34. The van der Waals surface area contributed by atoms with Crippen molar-refractivity contribution in [3.8, 4) is 5.75 Å². The zero-order valence-electron chi connectivity index (χ0n) is 10.5. The Morgan fingerprint density at radius 3 is 2.61 bits per heavy atom. The monoisotopic (exact) mass is 276 g/mol. The molecular formula is C13H15ClF2O2. The van der Waals surface area contributed by atoms with E-state index in [0.717, 1.165) is 0 Å². The van der Waals surface area contributed by atoms with Crippen LogP contribution in [0.25, 0.3) is 0 Å². The Morgan fingerprint density at radius 2 is 2.11 bits per heavy atom. The van der Waals surface area contributed by atoms with Gasteiger partial charge in [-0.3, -0.25) is 4.79 Å². The maximum Gasteiger partial charge on any atom is 0.400 e. The molecular weight excluding hydrogens is 262 g/mol. The quantitative estimate of drug-likeness (QED) is 0.746. The third-order valence-electron chi connectivity index (χ3n) is 2.85. The lowest BCUT2D eigenvalue weighted by Crippen LogP contribution is -2.33. The van der Waals surface area contributed by atoms with Gasteiger partial charge in [0.25, 0.3) is 5.24 Å². The second-order valence-corrected chi connectivity index (χ2v) is 4.54. The first-order valence-corrected chi connectivity index (χ1v) is 6.03. The van der Waals surface area contributed by atoms with Crippen LogP contribution < -0.4 is 4.74 Å². The normalized spacial score (nSPS) is 13.2. The Balaban J connectivity index is 3.14. The highest BCUT2D eigenvalue weighted by molar-refractivity contribution is 6.68. The Hall–Kier alpha value is -1.16. The molecule has 0 spiro atoms. The van der Waals surface area contributed by atoms with Crippen LogP contribution in [0.5, 0.6) is 5.75 Å². The fraction of sp³-hybridized carbons (Fsp3) is 0.462. The molecule has 0 saturated carbocycles. The summed E-state index contributed by atoms with van der Waals surface area (Å²) in [5.74, 6) is -1.10. The molecule has 1 aromatic carbocycles. The molecule has 0 aliphatic rings. The van der Waals surface area contributed by atoms with Gasteiger partial charge in [-0.2, -0.15) is 8.78 Å². The second kappa shape index (κ2) is 5.65. The lowest BCUT2D eigenvalue weighted by molar-refractivity contribution is -0.212. The standard InChI is InChI=1S/C13H15ClF2O2/c1-4-9(3)13(15,16)18-11-8(2)6-5-7-10(11)12(14)17/h5-7,9H,4H2,1-3H3. The highest BCUT2D eigenvalue weighted by Gasteiger charge is 2.39. The Labute approximate surface area is 110 Å². The minimum absolute atomic E-state index is 0.0420. The number of rotatable bonds is 5. The van der Waals surface area contributed by atoms with Gasteiger partial charge < -0.3 is 4.74 Å². The molecule has 5 heteroatoms. The first-order valence-electron chi connectivity index (χ1n) is 5.65. The summed E-state index contributed by atoms with van der Waals surface area (Å²) in [6, 6.07) is 4.52. The molecule has 0 aliphatic heterocycles. The fourth-order valence-electron chi connectivity index (χ4n) is 1.42. The number of benzene rings is 1. The van der Waals surface area contributed by atoms with Gasteiger partial charge in [0.1, 0.15) is 5.75 Å². The van der Waals surface area contributed by atoms with Crippen LogP contribution in [0.4, 0.5) is 8.78 Å². The number of ether oxygens (including phenoxy) is 1. The van der Waals surface area contributed by atoms with Crippen molar-refractivity contribution in [3.63, 3.8) is 0 Å². The minimum atomic E-state index is -3.33. The Kier molecular flexibility index (Phi) is 4.68. The average Bonchev–Trinajstić information content (AvgIpc) is 2.30. The van der Waals surface area contributed by atoms with Gasteiger partial charge in [0, 0.05) is 0 Å². The lowest BCUT2D eigenvalue weighted by atomic mass is 10.1. The summed E-state index contributed by atoms with van der Waals surface area (Å²) >= 11 is 5.36. The van der Waals surface area contributed by atoms with Crippen LogP contribution >= 0.6 is 11.6 Å². The zero-order chi connectivity index (χ0) is 13.9. The van der Waals surface area contributed by atoms with E-state index >= 15 is 0 Å². The van der Waals surface area contributed by atoms with E-state index in [2.05, 4.69) is 0 Å². The van der Waals surface area contributed by atoms with Crippen molar-refractivity contribution < 1.29 is 18.3 Å².